The number of dihydropyridines is 1. The molecule has 186 valence electrons. The van der Waals surface area contributed by atoms with Gasteiger partial charge in [-0.3, -0.25) is 9.59 Å². The van der Waals surface area contributed by atoms with Gasteiger partial charge in [0.1, 0.15) is 12.4 Å². The second-order valence-corrected chi connectivity index (χ2v) is 8.83. The first-order valence-electron chi connectivity index (χ1n) is 12.0. The smallest absolute Gasteiger partial charge is 0.254 e. The third-order valence-corrected chi connectivity index (χ3v) is 6.47. The lowest BCUT2D eigenvalue weighted by atomic mass is 9.95. The van der Waals surface area contributed by atoms with Gasteiger partial charge in [0.05, 0.1) is 12.5 Å². The Morgan fingerprint density at radius 3 is 2.59 bits per heavy atom. The summed E-state index contributed by atoms with van der Waals surface area (Å²) in [6.45, 7) is 11.1. The van der Waals surface area contributed by atoms with Gasteiger partial charge in [-0.05, 0) is 58.2 Å². The summed E-state index contributed by atoms with van der Waals surface area (Å²) in [6.07, 6.45) is 3.77. The molecule has 1 aromatic rings. The molecule has 1 aromatic carbocycles. The summed E-state index contributed by atoms with van der Waals surface area (Å²) in [5.41, 5.74) is 4.02. The lowest BCUT2D eigenvalue weighted by Gasteiger charge is -2.36. The highest BCUT2D eigenvalue weighted by Gasteiger charge is 2.27. The number of hydrogen-bond donors (Lipinski definition) is 1. The van der Waals surface area contributed by atoms with Gasteiger partial charge in [-0.25, -0.2) is 4.99 Å². The van der Waals surface area contributed by atoms with E-state index < -0.39 is 5.92 Å². The Morgan fingerprint density at radius 2 is 1.94 bits per heavy atom. The van der Waals surface area contributed by atoms with E-state index in [1.807, 2.05) is 26.0 Å². The van der Waals surface area contributed by atoms with E-state index in [9.17, 15) is 9.59 Å². The van der Waals surface area contributed by atoms with Crippen LogP contribution in [-0.2, 0) is 14.3 Å². The Balaban J connectivity index is 1.86. The van der Waals surface area contributed by atoms with Crippen LogP contribution in [0.1, 0.15) is 49.5 Å². The van der Waals surface area contributed by atoms with Gasteiger partial charge in [0.25, 0.3) is 11.8 Å². The fourth-order valence-corrected chi connectivity index (χ4v) is 4.60. The number of allylic oxidation sites excluding steroid dienone is 1. The SMILES string of the molecule is CCN(c1cc(OCCOC)cc(C(=O)NCC2C(=O)N=C(C)C=C2C)c1C)C1CCOCC1. The molecule has 1 fully saturated rings. The van der Waals surface area contributed by atoms with Crippen molar-refractivity contribution in [2.45, 2.75) is 46.6 Å². The van der Waals surface area contributed by atoms with E-state index in [1.165, 1.54) is 0 Å². The zero-order valence-corrected chi connectivity index (χ0v) is 21.0. The first kappa shape index (κ1) is 25.9. The minimum Gasteiger partial charge on any atom is -0.491 e. The molecule has 8 heteroatoms. The minimum absolute atomic E-state index is 0.206. The van der Waals surface area contributed by atoms with E-state index in [-0.39, 0.29) is 18.4 Å². The zero-order valence-electron chi connectivity index (χ0n) is 21.0. The molecule has 0 saturated carbocycles. The molecule has 8 nitrogen and oxygen atoms in total. The molecular formula is C26H37N3O5. The number of nitrogens with zero attached hydrogens (tertiary/aromatic N) is 2. The molecule has 2 aliphatic heterocycles. The highest BCUT2D eigenvalue weighted by molar-refractivity contribution is 6.06. The number of carbonyl (C=O) groups is 2. The molecule has 0 bridgehead atoms. The van der Waals surface area contributed by atoms with Crippen molar-refractivity contribution in [1.29, 1.82) is 0 Å². The van der Waals surface area contributed by atoms with Crippen LogP contribution in [0.3, 0.4) is 0 Å². The molecule has 0 aliphatic carbocycles. The molecule has 2 heterocycles. The molecule has 1 N–H and O–H groups in total. The molecule has 2 aliphatic rings. The number of ether oxygens (including phenoxy) is 3. The normalized spacial score (nSPS) is 18.9. The van der Waals surface area contributed by atoms with Gasteiger partial charge in [0.2, 0.25) is 0 Å². The van der Waals surface area contributed by atoms with Gasteiger partial charge in [-0.1, -0.05) is 5.57 Å². The highest BCUT2D eigenvalue weighted by Crippen LogP contribution is 2.33. The summed E-state index contributed by atoms with van der Waals surface area (Å²) in [6, 6.07) is 4.13. The quantitative estimate of drug-likeness (QED) is 0.527. The minimum atomic E-state index is -0.442. The molecule has 1 saturated heterocycles. The van der Waals surface area contributed by atoms with Crippen molar-refractivity contribution in [1.82, 2.24) is 5.32 Å². The predicted molar refractivity (Wildman–Crippen MR) is 133 cm³/mol. The number of methoxy groups -OCH3 is 1. The van der Waals surface area contributed by atoms with Crippen LogP contribution >= 0.6 is 0 Å². The van der Waals surface area contributed by atoms with Crippen molar-refractivity contribution in [3.63, 3.8) is 0 Å². The number of hydrogen-bond acceptors (Lipinski definition) is 6. The van der Waals surface area contributed by atoms with E-state index in [0.717, 1.165) is 49.4 Å². The lowest BCUT2D eigenvalue weighted by Crippen LogP contribution is -2.40. The second-order valence-electron chi connectivity index (χ2n) is 8.83. The summed E-state index contributed by atoms with van der Waals surface area (Å²) in [5.74, 6) is -0.268. The Kier molecular flexibility index (Phi) is 9.24. The zero-order chi connectivity index (χ0) is 24.7. The average molecular weight is 472 g/mol. The van der Waals surface area contributed by atoms with Gasteiger partial charge < -0.3 is 24.4 Å². The third-order valence-electron chi connectivity index (χ3n) is 6.47. The van der Waals surface area contributed by atoms with Crippen molar-refractivity contribution in [3.05, 3.63) is 34.9 Å². The van der Waals surface area contributed by atoms with E-state index in [0.29, 0.717) is 36.3 Å². The lowest BCUT2D eigenvalue weighted by molar-refractivity contribution is -0.120. The van der Waals surface area contributed by atoms with Crippen molar-refractivity contribution < 1.29 is 23.8 Å². The van der Waals surface area contributed by atoms with E-state index in [1.54, 1.807) is 20.1 Å². The molecule has 34 heavy (non-hydrogen) atoms. The Labute approximate surface area is 202 Å². The van der Waals surface area contributed by atoms with Crippen LogP contribution < -0.4 is 15.0 Å². The monoisotopic (exact) mass is 471 g/mol. The van der Waals surface area contributed by atoms with Crippen molar-refractivity contribution >= 4 is 23.2 Å². The number of rotatable bonds is 10. The summed E-state index contributed by atoms with van der Waals surface area (Å²) in [4.78, 5) is 32.1. The molecular weight excluding hydrogens is 434 g/mol. The van der Waals surface area contributed by atoms with Crippen LogP contribution in [0.5, 0.6) is 5.75 Å². The van der Waals surface area contributed by atoms with Crippen molar-refractivity contribution in [2.24, 2.45) is 10.9 Å². The van der Waals surface area contributed by atoms with Gasteiger partial charge >= 0.3 is 0 Å². The van der Waals surface area contributed by atoms with Crippen molar-refractivity contribution in [2.75, 3.05) is 51.5 Å². The van der Waals surface area contributed by atoms with Crippen LogP contribution in [-0.4, -0.2) is 70.2 Å². The van der Waals surface area contributed by atoms with Gasteiger partial charge in [0, 0.05) is 62.5 Å². The number of anilines is 1. The maximum absolute atomic E-state index is 13.3. The number of aliphatic imine (C=N–C) groups is 1. The van der Waals surface area contributed by atoms with Crippen LogP contribution in [0.4, 0.5) is 5.69 Å². The van der Waals surface area contributed by atoms with Crippen LogP contribution in [0.2, 0.25) is 0 Å². The van der Waals surface area contributed by atoms with Gasteiger partial charge in [-0.2, -0.15) is 0 Å². The Bertz CT molecular complexity index is 950. The first-order chi connectivity index (χ1) is 16.3. The molecule has 1 atom stereocenters. The molecule has 0 radical (unpaired) electrons. The molecule has 0 aromatic heterocycles. The van der Waals surface area contributed by atoms with Gasteiger partial charge in [-0.15, -0.1) is 0 Å². The van der Waals surface area contributed by atoms with Crippen LogP contribution in [0.25, 0.3) is 0 Å². The second kappa shape index (κ2) is 12.1. The molecule has 2 amide bonds. The Morgan fingerprint density at radius 1 is 1.21 bits per heavy atom. The highest BCUT2D eigenvalue weighted by atomic mass is 16.5. The third kappa shape index (κ3) is 6.24. The first-order valence-corrected chi connectivity index (χ1v) is 12.0. The summed E-state index contributed by atoms with van der Waals surface area (Å²) >= 11 is 0. The van der Waals surface area contributed by atoms with Crippen LogP contribution in [0, 0.1) is 12.8 Å². The summed E-state index contributed by atoms with van der Waals surface area (Å²) in [7, 11) is 1.63. The topological polar surface area (TPSA) is 89.5 Å². The Hall–Kier alpha value is -2.71. The fraction of sp³-hybridized carbons (Fsp3) is 0.577. The standard InChI is InChI=1S/C26H37N3O5/c1-6-29(20-7-9-33-10-8-20)24-15-21(34-12-11-32-5)14-22(19(24)4)25(30)27-16-23-17(2)13-18(3)28-26(23)31/h13-15,20,23H,6-12,16H2,1-5H3,(H,27,30). The average Bonchev–Trinajstić information content (AvgIpc) is 2.81. The summed E-state index contributed by atoms with van der Waals surface area (Å²) in [5, 5.41) is 2.95. The maximum atomic E-state index is 13.3. The number of nitrogens with one attached hydrogen (secondary N) is 1. The summed E-state index contributed by atoms with van der Waals surface area (Å²) < 4.78 is 16.6. The maximum Gasteiger partial charge on any atom is 0.254 e. The van der Waals surface area contributed by atoms with Crippen LogP contribution in [0.15, 0.2) is 28.8 Å². The van der Waals surface area contributed by atoms with E-state index >= 15 is 0 Å². The van der Waals surface area contributed by atoms with Gasteiger partial charge in [0.15, 0.2) is 0 Å². The number of benzene rings is 1. The molecule has 0 spiro atoms. The number of amides is 2. The fourth-order valence-electron chi connectivity index (χ4n) is 4.60. The van der Waals surface area contributed by atoms with E-state index in [4.69, 9.17) is 14.2 Å². The largest absolute Gasteiger partial charge is 0.491 e. The van der Waals surface area contributed by atoms with Crippen molar-refractivity contribution in [3.8, 4) is 5.75 Å². The predicted octanol–water partition coefficient (Wildman–Crippen LogP) is 3.32. The number of carbonyl (C=O) groups excluding carboxylic acids is 2. The molecule has 3 rings (SSSR count). The molecule has 1 unspecified atom stereocenters. The van der Waals surface area contributed by atoms with E-state index in [2.05, 4.69) is 22.1 Å².